The summed E-state index contributed by atoms with van der Waals surface area (Å²) in [6.45, 7) is 2.92. The van der Waals surface area contributed by atoms with Crippen molar-refractivity contribution in [1.29, 1.82) is 0 Å². The summed E-state index contributed by atoms with van der Waals surface area (Å²) in [4.78, 5) is 9.02. The molecule has 0 fully saturated rings. The highest BCUT2D eigenvalue weighted by atomic mass is 15.1. The van der Waals surface area contributed by atoms with Crippen LogP contribution in [0.1, 0.15) is 11.1 Å². The van der Waals surface area contributed by atoms with Crippen LogP contribution in [0.25, 0.3) is 22.0 Å². The van der Waals surface area contributed by atoms with Crippen LogP contribution in [0, 0.1) is 6.92 Å². The zero-order chi connectivity index (χ0) is 17.8. The van der Waals surface area contributed by atoms with Gasteiger partial charge in [-0.15, -0.1) is 0 Å². The maximum atomic E-state index is 4.67. The maximum absolute atomic E-state index is 4.67. The van der Waals surface area contributed by atoms with Gasteiger partial charge in [0.1, 0.15) is 0 Å². The summed E-state index contributed by atoms with van der Waals surface area (Å²) in [5.41, 5.74) is 4.64. The number of fused-ring (bicyclic) bond motifs is 1. The monoisotopic (exact) mass is 339 g/mol. The summed E-state index contributed by atoms with van der Waals surface area (Å²) < 4.78 is 0. The van der Waals surface area contributed by atoms with Gasteiger partial charge in [0.05, 0.1) is 5.69 Å². The number of rotatable bonds is 5. The molecular formula is C23H21N3. The minimum atomic E-state index is 0.669. The topological polar surface area (TPSA) is 37.8 Å². The smallest absolute Gasteiger partial charge is 0.223 e. The fourth-order valence-electron chi connectivity index (χ4n) is 3.03. The van der Waals surface area contributed by atoms with Crippen molar-refractivity contribution in [2.45, 2.75) is 13.3 Å². The Bertz CT molecular complexity index is 1020. The third-order valence-corrected chi connectivity index (χ3v) is 4.52. The molecule has 1 heterocycles. The largest absolute Gasteiger partial charge is 0.354 e. The van der Waals surface area contributed by atoms with Gasteiger partial charge in [0.25, 0.3) is 0 Å². The number of aromatic nitrogens is 2. The van der Waals surface area contributed by atoms with Crippen LogP contribution < -0.4 is 5.32 Å². The predicted molar refractivity (Wildman–Crippen MR) is 108 cm³/mol. The number of aryl methyl sites for hydroxylation is 1. The fraction of sp³-hybridized carbons (Fsp3) is 0.130. The van der Waals surface area contributed by atoms with Crippen molar-refractivity contribution >= 4 is 16.7 Å². The Balaban J connectivity index is 1.47. The van der Waals surface area contributed by atoms with Crippen LogP contribution in [0.3, 0.4) is 0 Å². The molecule has 0 atom stereocenters. The molecule has 3 nitrogen and oxygen atoms in total. The summed E-state index contributed by atoms with van der Waals surface area (Å²) >= 11 is 0. The quantitative estimate of drug-likeness (QED) is 0.539. The van der Waals surface area contributed by atoms with Crippen molar-refractivity contribution < 1.29 is 0 Å². The predicted octanol–water partition coefficient (Wildman–Crippen LogP) is 5.26. The van der Waals surface area contributed by atoms with Gasteiger partial charge in [0.15, 0.2) is 0 Å². The number of hydrogen-bond acceptors (Lipinski definition) is 3. The molecule has 0 aliphatic carbocycles. The van der Waals surface area contributed by atoms with Crippen LogP contribution >= 0.6 is 0 Å². The molecule has 1 aromatic heterocycles. The molecule has 128 valence electrons. The third kappa shape index (κ3) is 3.72. The van der Waals surface area contributed by atoms with E-state index in [2.05, 4.69) is 88.9 Å². The van der Waals surface area contributed by atoms with Crippen LogP contribution in [0.5, 0.6) is 0 Å². The van der Waals surface area contributed by atoms with Crippen LogP contribution in [-0.4, -0.2) is 16.5 Å². The highest BCUT2D eigenvalue weighted by molar-refractivity contribution is 5.86. The van der Waals surface area contributed by atoms with Gasteiger partial charge >= 0.3 is 0 Å². The highest BCUT2D eigenvalue weighted by Gasteiger charge is 2.04. The van der Waals surface area contributed by atoms with Gasteiger partial charge in [-0.25, -0.2) is 9.97 Å². The van der Waals surface area contributed by atoms with E-state index in [-0.39, 0.29) is 0 Å². The Hall–Kier alpha value is -3.20. The van der Waals surface area contributed by atoms with E-state index < -0.39 is 0 Å². The minimum absolute atomic E-state index is 0.669. The average Bonchev–Trinajstić information content (AvgIpc) is 2.69. The van der Waals surface area contributed by atoms with Crippen molar-refractivity contribution in [2.75, 3.05) is 11.9 Å². The maximum Gasteiger partial charge on any atom is 0.223 e. The highest BCUT2D eigenvalue weighted by Crippen LogP contribution is 2.23. The van der Waals surface area contributed by atoms with Crippen LogP contribution in [0.15, 0.2) is 79.0 Å². The molecule has 4 aromatic rings. The molecule has 3 aromatic carbocycles. The summed E-state index contributed by atoms with van der Waals surface area (Å²) in [5, 5.41) is 5.79. The number of nitrogens with one attached hydrogen (secondary N) is 1. The molecule has 0 bridgehead atoms. The fourth-order valence-corrected chi connectivity index (χ4v) is 3.03. The summed E-state index contributed by atoms with van der Waals surface area (Å²) in [6, 6.07) is 25.4. The first-order chi connectivity index (χ1) is 12.8. The lowest BCUT2D eigenvalue weighted by Crippen LogP contribution is -2.08. The van der Waals surface area contributed by atoms with Crippen LogP contribution in [0.2, 0.25) is 0 Å². The van der Waals surface area contributed by atoms with Gasteiger partial charge in [0, 0.05) is 18.3 Å². The van der Waals surface area contributed by atoms with Gasteiger partial charge in [-0.3, -0.25) is 0 Å². The average molecular weight is 339 g/mol. The molecule has 0 radical (unpaired) electrons. The molecule has 0 amide bonds. The molecule has 26 heavy (non-hydrogen) atoms. The van der Waals surface area contributed by atoms with E-state index in [0.29, 0.717) is 5.95 Å². The van der Waals surface area contributed by atoms with E-state index in [1.807, 2.05) is 12.3 Å². The van der Waals surface area contributed by atoms with E-state index in [0.717, 1.165) is 24.2 Å². The molecule has 4 rings (SSSR count). The van der Waals surface area contributed by atoms with Gasteiger partial charge in [-0.2, -0.15) is 0 Å². The van der Waals surface area contributed by atoms with Crippen molar-refractivity contribution in [3.05, 3.63) is 90.1 Å². The number of benzene rings is 3. The van der Waals surface area contributed by atoms with Gasteiger partial charge in [0.2, 0.25) is 5.95 Å². The van der Waals surface area contributed by atoms with Gasteiger partial charge in [-0.05, 0) is 41.8 Å². The summed E-state index contributed by atoms with van der Waals surface area (Å²) in [7, 11) is 0. The lowest BCUT2D eigenvalue weighted by molar-refractivity contribution is 0.984. The molecule has 1 N–H and O–H groups in total. The Kier molecular flexibility index (Phi) is 4.61. The van der Waals surface area contributed by atoms with Crippen LogP contribution in [-0.2, 0) is 6.42 Å². The third-order valence-electron chi connectivity index (χ3n) is 4.52. The lowest BCUT2D eigenvalue weighted by atomic mass is 10.1. The summed E-state index contributed by atoms with van der Waals surface area (Å²) in [5.74, 6) is 0.669. The number of hydrogen-bond donors (Lipinski definition) is 1. The standard InChI is InChI=1S/C23H21N3/c1-17-6-8-18(9-7-17)12-14-24-23-25-15-13-22(26-23)21-11-10-19-4-2-3-5-20(19)16-21/h2-11,13,15-16H,12,14H2,1H3,(H,24,25,26). The van der Waals surface area contributed by atoms with E-state index in [4.69, 9.17) is 0 Å². The molecule has 0 spiro atoms. The molecule has 3 heteroatoms. The molecular weight excluding hydrogens is 318 g/mol. The Labute approximate surface area is 153 Å². The second kappa shape index (κ2) is 7.36. The van der Waals surface area contributed by atoms with Crippen molar-refractivity contribution in [1.82, 2.24) is 9.97 Å². The van der Waals surface area contributed by atoms with E-state index >= 15 is 0 Å². The van der Waals surface area contributed by atoms with E-state index in [9.17, 15) is 0 Å². The SMILES string of the molecule is Cc1ccc(CCNc2nccc(-c3ccc4ccccc4c3)n2)cc1. The van der Waals surface area contributed by atoms with Crippen molar-refractivity contribution in [2.24, 2.45) is 0 Å². The zero-order valence-electron chi connectivity index (χ0n) is 14.8. The Morgan fingerprint density at radius 3 is 2.50 bits per heavy atom. The molecule has 0 aliphatic heterocycles. The summed E-state index contributed by atoms with van der Waals surface area (Å²) in [6.07, 6.45) is 2.76. The van der Waals surface area contributed by atoms with E-state index in [1.165, 1.54) is 21.9 Å². The number of nitrogens with zero attached hydrogens (tertiary/aromatic N) is 2. The lowest BCUT2D eigenvalue weighted by Gasteiger charge is -2.08. The normalized spacial score (nSPS) is 10.8. The van der Waals surface area contributed by atoms with Crippen molar-refractivity contribution in [3.8, 4) is 11.3 Å². The molecule has 0 saturated heterocycles. The van der Waals surface area contributed by atoms with Gasteiger partial charge < -0.3 is 5.32 Å². The second-order valence-corrected chi connectivity index (χ2v) is 6.49. The Morgan fingerprint density at radius 2 is 1.65 bits per heavy atom. The number of anilines is 1. The first kappa shape index (κ1) is 16.3. The van der Waals surface area contributed by atoms with E-state index in [1.54, 1.807) is 0 Å². The molecule has 0 unspecified atom stereocenters. The minimum Gasteiger partial charge on any atom is -0.354 e. The second-order valence-electron chi connectivity index (χ2n) is 6.49. The molecule has 0 saturated carbocycles. The first-order valence-electron chi connectivity index (χ1n) is 8.89. The van der Waals surface area contributed by atoms with Crippen LogP contribution in [0.4, 0.5) is 5.95 Å². The first-order valence-corrected chi connectivity index (χ1v) is 8.89. The Morgan fingerprint density at radius 1 is 0.846 bits per heavy atom. The van der Waals surface area contributed by atoms with Gasteiger partial charge in [-0.1, -0.05) is 66.2 Å². The van der Waals surface area contributed by atoms with Crippen molar-refractivity contribution in [3.63, 3.8) is 0 Å². The molecule has 0 aliphatic rings. The zero-order valence-corrected chi connectivity index (χ0v) is 14.8.